The molecule has 154 valence electrons. The SMILES string of the molecule is CCC(C)NC(=O)C(C1CCCC1)N1CCN(C(=O)c2ccccc2F)CC1. The van der Waals surface area contributed by atoms with Crippen molar-refractivity contribution < 1.29 is 14.0 Å². The summed E-state index contributed by atoms with van der Waals surface area (Å²) < 4.78 is 14.0. The number of rotatable bonds is 6. The second-order valence-electron chi connectivity index (χ2n) is 8.12. The fourth-order valence-corrected chi connectivity index (χ4v) is 4.39. The first-order valence-electron chi connectivity index (χ1n) is 10.6. The van der Waals surface area contributed by atoms with Crippen LogP contribution in [0.15, 0.2) is 24.3 Å². The molecule has 6 heteroatoms. The van der Waals surface area contributed by atoms with Gasteiger partial charge in [-0.1, -0.05) is 31.9 Å². The predicted octanol–water partition coefficient (Wildman–Crippen LogP) is 3.06. The highest BCUT2D eigenvalue weighted by molar-refractivity contribution is 5.94. The van der Waals surface area contributed by atoms with Crippen LogP contribution in [0.25, 0.3) is 0 Å². The highest BCUT2D eigenvalue weighted by Gasteiger charge is 2.37. The number of halogens is 1. The number of hydrogen-bond donors (Lipinski definition) is 1. The molecule has 0 bridgehead atoms. The molecule has 1 N–H and O–H groups in total. The number of amides is 2. The first-order chi connectivity index (χ1) is 13.5. The first kappa shape index (κ1) is 20.8. The van der Waals surface area contributed by atoms with Crippen molar-refractivity contribution in [2.24, 2.45) is 5.92 Å². The molecule has 1 aromatic rings. The minimum atomic E-state index is -0.480. The van der Waals surface area contributed by atoms with E-state index in [9.17, 15) is 14.0 Å². The maximum absolute atomic E-state index is 14.0. The number of nitrogens with zero attached hydrogens (tertiary/aromatic N) is 2. The van der Waals surface area contributed by atoms with Crippen LogP contribution in [0.2, 0.25) is 0 Å². The maximum atomic E-state index is 14.0. The second-order valence-corrected chi connectivity index (χ2v) is 8.12. The van der Waals surface area contributed by atoms with Crippen LogP contribution in [-0.4, -0.2) is 59.9 Å². The largest absolute Gasteiger partial charge is 0.352 e. The number of carbonyl (C=O) groups excluding carboxylic acids is 2. The third-order valence-corrected chi connectivity index (χ3v) is 6.22. The van der Waals surface area contributed by atoms with Gasteiger partial charge in [0, 0.05) is 32.2 Å². The van der Waals surface area contributed by atoms with Crippen molar-refractivity contribution in [3.8, 4) is 0 Å². The zero-order chi connectivity index (χ0) is 20.1. The lowest BCUT2D eigenvalue weighted by molar-refractivity contribution is -0.129. The molecule has 1 saturated heterocycles. The Morgan fingerprint density at radius 3 is 2.39 bits per heavy atom. The van der Waals surface area contributed by atoms with Gasteiger partial charge in [0.05, 0.1) is 11.6 Å². The summed E-state index contributed by atoms with van der Waals surface area (Å²) in [6.07, 6.45) is 5.46. The van der Waals surface area contributed by atoms with E-state index in [2.05, 4.69) is 17.1 Å². The molecule has 2 fully saturated rings. The summed E-state index contributed by atoms with van der Waals surface area (Å²) in [5.41, 5.74) is 0.123. The van der Waals surface area contributed by atoms with Crippen LogP contribution in [-0.2, 0) is 4.79 Å². The van der Waals surface area contributed by atoms with Crippen LogP contribution < -0.4 is 5.32 Å². The molecule has 0 spiro atoms. The van der Waals surface area contributed by atoms with E-state index in [1.165, 1.54) is 25.0 Å². The zero-order valence-electron chi connectivity index (χ0n) is 17.0. The van der Waals surface area contributed by atoms with Crippen molar-refractivity contribution in [2.45, 2.75) is 58.0 Å². The van der Waals surface area contributed by atoms with Gasteiger partial charge in [-0.05, 0) is 44.2 Å². The summed E-state index contributed by atoms with van der Waals surface area (Å²) >= 11 is 0. The highest BCUT2D eigenvalue weighted by Crippen LogP contribution is 2.31. The lowest BCUT2D eigenvalue weighted by Crippen LogP contribution is -2.58. The van der Waals surface area contributed by atoms with Gasteiger partial charge in [-0.25, -0.2) is 4.39 Å². The molecule has 2 amide bonds. The average molecular weight is 390 g/mol. The van der Waals surface area contributed by atoms with Crippen LogP contribution in [0.5, 0.6) is 0 Å². The maximum Gasteiger partial charge on any atom is 0.256 e. The van der Waals surface area contributed by atoms with Gasteiger partial charge in [0.1, 0.15) is 5.82 Å². The van der Waals surface area contributed by atoms with Gasteiger partial charge in [0.2, 0.25) is 5.91 Å². The minimum absolute atomic E-state index is 0.120. The molecule has 2 unspecified atom stereocenters. The summed E-state index contributed by atoms with van der Waals surface area (Å²) in [7, 11) is 0. The minimum Gasteiger partial charge on any atom is -0.352 e. The van der Waals surface area contributed by atoms with Crippen molar-refractivity contribution >= 4 is 11.8 Å². The van der Waals surface area contributed by atoms with Gasteiger partial charge in [0.15, 0.2) is 0 Å². The quantitative estimate of drug-likeness (QED) is 0.814. The fraction of sp³-hybridized carbons (Fsp3) is 0.636. The summed E-state index contributed by atoms with van der Waals surface area (Å²) in [6, 6.07) is 6.17. The van der Waals surface area contributed by atoms with Gasteiger partial charge in [-0.2, -0.15) is 0 Å². The van der Waals surface area contributed by atoms with Crippen LogP contribution in [0.1, 0.15) is 56.3 Å². The Kier molecular flexibility index (Phi) is 7.05. The molecular formula is C22H32FN3O2. The third-order valence-electron chi connectivity index (χ3n) is 6.22. The molecular weight excluding hydrogens is 357 g/mol. The van der Waals surface area contributed by atoms with Crippen LogP contribution in [0.4, 0.5) is 4.39 Å². The van der Waals surface area contributed by atoms with Gasteiger partial charge >= 0.3 is 0 Å². The topological polar surface area (TPSA) is 52.7 Å². The van der Waals surface area contributed by atoms with Crippen molar-refractivity contribution in [3.63, 3.8) is 0 Å². The Labute approximate surface area is 167 Å². The summed E-state index contributed by atoms with van der Waals surface area (Å²) in [6.45, 7) is 6.45. The fourth-order valence-electron chi connectivity index (χ4n) is 4.39. The van der Waals surface area contributed by atoms with Crippen LogP contribution in [0, 0.1) is 11.7 Å². The molecule has 1 saturated carbocycles. The Morgan fingerprint density at radius 1 is 1.14 bits per heavy atom. The Bertz CT molecular complexity index is 682. The van der Waals surface area contributed by atoms with Crippen molar-refractivity contribution in [3.05, 3.63) is 35.6 Å². The molecule has 1 aromatic carbocycles. The standard InChI is InChI=1S/C22H32FN3O2/c1-3-16(2)24-21(27)20(17-8-4-5-9-17)25-12-14-26(15-13-25)22(28)18-10-6-7-11-19(18)23/h6-7,10-11,16-17,20H,3-5,8-9,12-15H2,1-2H3,(H,24,27). The molecule has 2 aliphatic rings. The Balaban J connectivity index is 1.65. The van der Waals surface area contributed by atoms with E-state index < -0.39 is 5.82 Å². The van der Waals surface area contributed by atoms with E-state index in [4.69, 9.17) is 0 Å². The number of benzene rings is 1. The van der Waals surface area contributed by atoms with Crippen molar-refractivity contribution in [1.29, 1.82) is 0 Å². The molecule has 28 heavy (non-hydrogen) atoms. The van der Waals surface area contributed by atoms with Crippen molar-refractivity contribution in [2.75, 3.05) is 26.2 Å². The summed E-state index contributed by atoms with van der Waals surface area (Å²) in [5.74, 6) is -0.237. The molecule has 1 aliphatic heterocycles. The van der Waals surface area contributed by atoms with Gasteiger partial charge < -0.3 is 10.2 Å². The van der Waals surface area contributed by atoms with Gasteiger partial charge in [-0.15, -0.1) is 0 Å². The smallest absolute Gasteiger partial charge is 0.256 e. The summed E-state index contributed by atoms with van der Waals surface area (Å²) in [4.78, 5) is 29.6. The highest BCUT2D eigenvalue weighted by atomic mass is 19.1. The third kappa shape index (κ3) is 4.72. The monoisotopic (exact) mass is 389 g/mol. The lowest BCUT2D eigenvalue weighted by Gasteiger charge is -2.41. The van der Waals surface area contributed by atoms with E-state index >= 15 is 0 Å². The summed E-state index contributed by atoms with van der Waals surface area (Å²) in [5, 5.41) is 3.16. The number of nitrogens with one attached hydrogen (secondary N) is 1. The Morgan fingerprint density at radius 2 is 1.79 bits per heavy atom. The second kappa shape index (κ2) is 9.50. The number of piperazine rings is 1. The Hall–Kier alpha value is -1.95. The van der Waals surface area contributed by atoms with E-state index in [-0.39, 0.29) is 29.5 Å². The van der Waals surface area contributed by atoms with Crippen LogP contribution in [0.3, 0.4) is 0 Å². The molecule has 0 aromatic heterocycles. The molecule has 2 atom stereocenters. The van der Waals surface area contributed by atoms with E-state index in [0.717, 1.165) is 19.3 Å². The van der Waals surface area contributed by atoms with Crippen molar-refractivity contribution in [1.82, 2.24) is 15.1 Å². The number of carbonyl (C=O) groups is 2. The molecule has 1 aliphatic carbocycles. The van der Waals surface area contributed by atoms with E-state index in [1.807, 2.05) is 6.92 Å². The van der Waals surface area contributed by atoms with Gasteiger partial charge in [-0.3, -0.25) is 14.5 Å². The van der Waals surface area contributed by atoms with Crippen LogP contribution >= 0.6 is 0 Å². The average Bonchev–Trinajstić information content (AvgIpc) is 3.22. The van der Waals surface area contributed by atoms with E-state index in [1.54, 1.807) is 17.0 Å². The molecule has 0 radical (unpaired) electrons. The zero-order valence-corrected chi connectivity index (χ0v) is 17.0. The molecule has 3 rings (SSSR count). The lowest BCUT2D eigenvalue weighted by atomic mass is 9.94. The molecule has 1 heterocycles. The number of hydrogen-bond acceptors (Lipinski definition) is 3. The van der Waals surface area contributed by atoms with E-state index in [0.29, 0.717) is 32.1 Å². The van der Waals surface area contributed by atoms with Gasteiger partial charge in [0.25, 0.3) is 5.91 Å². The normalized spacial score (nSPS) is 20.8. The predicted molar refractivity (Wildman–Crippen MR) is 108 cm³/mol. The first-order valence-corrected chi connectivity index (χ1v) is 10.6. The molecule has 5 nitrogen and oxygen atoms in total.